The minimum absolute atomic E-state index is 0.283. The molecule has 0 unspecified atom stereocenters. The number of allylic oxidation sites excluding steroid dienone is 1. The van der Waals surface area contributed by atoms with Crippen LogP contribution in [0.25, 0.3) is 0 Å². The van der Waals surface area contributed by atoms with E-state index in [1.165, 1.54) is 0 Å². The predicted molar refractivity (Wildman–Crippen MR) is 56.4 cm³/mol. The van der Waals surface area contributed by atoms with Crippen LogP contribution in [0.1, 0.15) is 16.7 Å². The van der Waals surface area contributed by atoms with Crippen LogP contribution in [0.5, 0.6) is 5.75 Å². The monoisotopic (exact) mass is 194 g/mol. The molecule has 1 aromatic carbocycles. The largest absolute Gasteiger partial charge is 0.496 e. The molecule has 0 heterocycles. The van der Waals surface area contributed by atoms with Gasteiger partial charge < -0.3 is 4.74 Å². The lowest BCUT2D eigenvalue weighted by Crippen LogP contribution is -1.94. The lowest BCUT2D eigenvalue weighted by atomic mass is 10.0. The van der Waals surface area contributed by atoms with Gasteiger partial charge in [-0.05, 0) is 30.5 Å². The van der Waals surface area contributed by atoms with E-state index in [0.717, 1.165) is 22.4 Å². The van der Waals surface area contributed by atoms with E-state index in [1.807, 2.05) is 26.0 Å². The predicted octanol–water partition coefficient (Wildman–Crippen LogP) is 3.34. The number of methoxy groups -OCH3 is 1. The standard InChI is InChI=1S/C12H15FO/c1-8-5-11(7-10(3)13)6-9(2)12(8)14-4/h5-6H,3,7H2,1-2,4H3. The summed E-state index contributed by atoms with van der Waals surface area (Å²) in [5.41, 5.74) is 3.00. The topological polar surface area (TPSA) is 9.23 Å². The van der Waals surface area contributed by atoms with E-state index in [2.05, 4.69) is 6.58 Å². The molecule has 0 fully saturated rings. The van der Waals surface area contributed by atoms with Gasteiger partial charge in [-0.1, -0.05) is 18.7 Å². The van der Waals surface area contributed by atoms with Gasteiger partial charge >= 0.3 is 0 Å². The number of aryl methyl sites for hydroxylation is 2. The maximum atomic E-state index is 12.6. The molecule has 2 heteroatoms. The van der Waals surface area contributed by atoms with Crippen molar-refractivity contribution >= 4 is 0 Å². The van der Waals surface area contributed by atoms with Gasteiger partial charge in [-0.2, -0.15) is 0 Å². The van der Waals surface area contributed by atoms with Gasteiger partial charge in [-0.15, -0.1) is 0 Å². The van der Waals surface area contributed by atoms with E-state index < -0.39 is 0 Å². The average Bonchev–Trinajstić information content (AvgIpc) is 2.01. The second kappa shape index (κ2) is 4.27. The van der Waals surface area contributed by atoms with Gasteiger partial charge in [0.05, 0.1) is 12.9 Å². The van der Waals surface area contributed by atoms with Gasteiger partial charge in [0.25, 0.3) is 0 Å². The Morgan fingerprint density at radius 1 is 1.36 bits per heavy atom. The second-order valence-electron chi connectivity index (χ2n) is 3.46. The van der Waals surface area contributed by atoms with E-state index in [0.29, 0.717) is 0 Å². The SMILES string of the molecule is C=C(F)Cc1cc(C)c(OC)c(C)c1. The third-order valence-corrected chi connectivity index (χ3v) is 2.12. The summed E-state index contributed by atoms with van der Waals surface area (Å²) in [7, 11) is 1.64. The molecule has 0 N–H and O–H groups in total. The van der Waals surface area contributed by atoms with Crippen LogP contribution in [0, 0.1) is 13.8 Å². The smallest absolute Gasteiger partial charge is 0.124 e. The van der Waals surface area contributed by atoms with Crippen LogP contribution in [0.4, 0.5) is 4.39 Å². The Balaban J connectivity index is 3.07. The Bertz CT molecular complexity index is 332. The maximum Gasteiger partial charge on any atom is 0.124 e. The highest BCUT2D eigenvalue weighted by Crippen LogP contribution is 2.25. The molecule has 1 aromatic rings. The van der Waals surface area contributed by atoms with Gasteiger partial charge in [0.1, 0.15) is 5.75 Å². The van der Waals surface area contributed by atoms with Gasteiger partial charge in [-0.3, -0.25) is 0 Å². The Morgan fingerprint density at radius 2 is 1.86 bits per heavy atom. The molecule has 0 atom stereocenters. The third kappa shape index (κ3) is 2.34. The molecule has 0 aromatic heterocycles. The highest BCUT2D eigenvalue weighted by molar-refractivity contribution is 5.43. The molecule has 0 aliphatic heterocycles. The van der Waals surface area contributed by atoms with Gasteiger partial charge in [0.15, 0.2) is 0 Å². The average molecular weight is 194 g/mol. The van der Waals surface area contributed by atoms with Crippen molar-refractivity contribution in [1.82, 2.24) is 0 Å². The van der Waals surface area contributed by atoms with Crippen molar-refractivity contribution in [2.75, 3.05) is 7.11 Å². The summed E-state index contributed by atoms with van der Waals surface area (Å²) < 4.78 is 17.8. The van der Waals surface area contributed by atoms with Crippen LogP contribution in [0.2, 0.25) is 0 Å². The minimum atomic E-state index is -0.311. The zero-order valence-corrected chi connectivity index (χ0v) is 8.86. The summed E-state index contributed by atoms with van der Waals surface area (Å²) >= 11 is 0. The summed E-state index contributed by atoms with van der Waals surface area (Å²) in [6.07, 6.45) is 0.283. The van der Waals surface area contributed by atoms with Crippen molar-refractivity contribution in [3.8, 4) is 5.75 Å². The molecule has 0 amide bonds. The van der Waals surface area contributed by atoms with Crippen LogP contribution in [0.3, 0.4) is 0 Å². The van der Waals surface area contributed by atoms with Crippen LogP contribution >= 0.6 is 0 Å². The Morgan fingerprint density at radius 3 is 2.21 bits per heavy atom. The first-order valence-electron chi connectivity index (χ1n) is 4.52. The number of hydrogen-bond donors (Lipinski definition) is 0. The summed E-state index contributed by atoms with van der Waals surface area (Å²) in [5, 5.41) is 0. The van der Waals surface area contributed by atoms with Crippen LogP contribution in [0.15, 0.2) is 24.5 Å². The lowest BCUT2D eigenvalue weighted by Gasteiger charge is -2.10. The first-order chi connectivity index (χ1) is 6.54. The highest BCUT2D eigenvalue weighted by Gasteiger charge is 2.05. The first-order valence-corrected chi connectivity index (χ1v) is 4.52. The van der Waals surface area contributed by atoms with Gasteiger partial charge in [0, 0.05) is 6.42 Å². The van der Waals surface area contributed by atoms with Crippen LogP contribution in [-0.4, -0.2) is 7.11 Å². The summed E-state index contributed by atoms with van der Waals surface area (Å²) in [6, 6.07) is 3.85. The molecule has 0 aliphatic rings. The molecule has 0 saturated carbocycles. The van der Waals surface area contributed by atoms with Gasteiger partial charge in [-0.25, -0.2) is 4.39 Å². The molecular weight excluding hydrogens is 179 g/mol. The molecule has 1 nitrogen and oxygen atoms in total. The Labute approximate surface area is 84.2 Å². The molecular formula is C12H15FO. The molecule has 0 saturated heterocycles. The van der Waals surface area contributed by atoms with Crippen LogP contribution < -0.4 is 4.74 Å². The molecule has 0 radical (unpaired) electrons. The van der Waals surface area contributed by atoms with E-state index >= 15 is 0 Å². The number of halogens is 1. The zero-order chi connectivity index (χ0) is 10.7. The molecule has 14 heavy (non-hydrogen) atoms. The Kier molecular flexibility index (Phi) is 3.28. The van der Waals surface area contributed by atoms with Crippen molar-refractivity contribution < 1.29 is 9.13 Å². The zero-order valence-electron chi connectivity index (χ0n) is 8.86. The van der Waals surface area contributed by atoms with Crippen molar-refractivity contribution in [3.63, 3.8) is 0 Å². The van der Waals surface area contributed by atoms with E-state index in [9.17, 15) is 4.39 Å². The number of ether oxygens (including phenoxy) is 1. The fourth-order valence-corrected chi connectivity index (χ4v) is 1.69. The number of benzene rings is 1. The first kappa shape index (κ1) is 10.8. The summed E-state index contributed by atoms with van der Waals surface area (Å²) in [5.74, 6) is 0.562. The molecule has 0 spiro atoms. The summed E-state index contributed by atoms with van der Waals surface area (Å²) in [4.78, 5) is 0. The fourth-order valence-electron chi connectivity index (χ4n) is 1.69. The molecule has 1 rings (SSSR count). The number of rotatable bonds is 3. The number of hydrogen-bond acceptors (Lipinski definition) is 1. The molecule has 0 aliphatic carbocycles. The Hall–Kier alpha value is -1.31. The van der Waals surface area contributed by atoms with Crippen LogP contribution in [-0.2, 0) is 6.42 Å². The van der Waals surface area contributed by atoms with Crippen molar-refractivity contribution in [1.29, 1.82) is 0 Å². The molecule has 0 bridgehead atoms. The van der Waals surface area contributed by atoms with E-state index in [1.54, 1.807) is 7.11 Å². The van der Waals surface area contributed by atoms with Crippen molar-refractivity contribution in [3.05, 3.63) is 41.2 Å². The molecule has 76 valence electrons. The van der Waals surface area contributed by atoms with Gasteiger partial charge in [0.2, 0.25) is 0 Å². The quantitative estimate of drug-likeness (QED) is 0.717. The third-order valence-electron chi connectivity index (χ3n) is 2.12. The van der Waals surface area contributed by atoms with Crippen molar-refractivity contribution in [2.45, 2.75) is 20.3 Å². The second-order valence-corrected chi connectivity index (χ2v) is 3.46. The van der Waals surface area contributed by atoms with E-state index in [-0.39, 0.29) is 12.2 Å². The van der Waals surface area contributed by atoms with Crippen molar-refractivity contribution in [2.24, 2.45) is 0 Å². The lowest BCUT2D eigenvalue weighted by molar-refractivity contribution is 0.408. The normalized spacial score (nSPS) is 10.0. The summed E-state index contributed by atoms with van der Waals surface area (Å²) in [6.45, 7) is 7.16. The highest BCUT2D eigenvalue weighted by atomic mass is 19.1. The van der Waals surface area contributed by atoms with E-state index in [4.69, 9.17) is 4.74 Å². The fraction of sp³-hybridized carbons (Fsp3) is 0.333. The maximum absolute atomic E-state index is 12.6. The minimum Gasteiger partial charge on any atom is -0.496 e.